The first kappa shape index (κ1) is 23.6. The molecule has 1 atom stereocenters. The van der Waals surface area contributed by atoms with Gasteiger partial charge in [-0.3, -0.25) is 19.4 Å². The van der Waals surface area contributed by atoms with E-state index >= 15 is 0 Å². The topological polar surface area (TPSA) is 102 Å². The number of amides is 5. The van der Waals surface area contributed by atoms with E-state index in [0.717, 1.165) is 4.90 Å². The molecule has 0 radical (unpaired) electrons. The lowest BCUT2D eigenvalue weighted by atomic mass is 9.91. The number of halogens is 1. The summed E-state index contributed by atoms with van der Waals surface area (Å²) in [6.45, 7) is 3.44. The predicted molar refractivity (Wildman–Crippen MR) is 128 cm³/mol. The molecule has 3 aliphatic rings. The Kier molecular flexibility index (Phi) is 5.99. The molecule has 3 saturated heterocycles. The van der Waals surface area contributed by atoms with Gasteiger partial charge in [0.1, 0.15) is 24.5 Å². The van der Waals surface area contributed by atoms with Crippen molar-refractivity contribution in [1.29, 1.82) is 0 Å². The van der Waals surface area contributed by atoms with E-state index in [0.29, 0.717) is 49.7 Å². The second-order valence-electron chi connectivity index (χ2n) is 9.08. The summed E-state index contributed by atoms with van der Waals surface area (Å²) in [7, 11) is 0. The Labute approximate surface area is 207 Å². The smallest absolute Gasteiger partial charge is 0.414 e. The number of para-hydroxylation sites is 1. The van der Waals surface area contributed by atoms with Gasteiger partial charge in [-0.2, -0.15) is 0 Å². The maximum Gasteiger partial charge on any atom is 0.414 e. The van der Waals surface area contributed by atoms with Crippen molar-refractivity contribution in [3.63, 3.8) is 0 Å². The molecule has 11 heteroatoms. The molecular formula is C25H26FN5O5. The molecule has 0 aromatic heterocycles. The van der Waals surface area contributed by atoms with Crippen LogP contribution in [-0.4, -0.2) is 79.6 Å². The first-order valence-corrected chi connectivity index (χ1v) is 11.7. The number of rotatable bonds is 5. The van der Waals surface area contributed by atoms with Crippen molar-refractivity contribution < 1.29 is 28.3 Å². The number of anilines is 2. The van der Waals surface area contributed by atoms with Crippen molar-refractivity contribution in [2.75, 3.05) is 55.7 Å². The summed E-state index contributed by atoms with van der Waals surface area (Å²) >= 11 is 0. The van der Waals surface area contributed by atoms with Crippen molar-refractivity contribution in [2.45, 2.75) is 12.5 Å². The SMILES string of the molecule is CC1(c2cccc(N3CCOC3=O)c2)NC(=O)N(CC(=O)N2CCN(c3ccccc3F)CC2)C1=O. The summed E-state index contributed by atoms with van der Waals surface area (Å²) in [5.41, 5.74) is 0.145. The number of ether oxygens (including phenoxy) is 1. The second kappa shape index (κ2) is 9.14. The Morgan fingerprint density at radius 1 is 1.03 bits per heavy atom. The van der Waals surface area contributed by atoms with Gasteiger partial charge in [0.15, 0.2) is 0 Å². The minimum atomic E-state index is -1.39. The highest BCUT2D eigenvalue weighted by Crippen LogP contribution is 2.32. The van der Waals surface area contributed by atoms with E-state index in [-0.39, 0.29) is 18.3 Å². The zero-order valence-electron chi connectivity index (χ0n) is 19.8. The highest BCUT2D eigenvalue weighted by Gasteiger charge is 2.50. The number of hydrogen-bond donors (Lipinski definition) is 1. The fourth-order valence-electron chi connectivity index (χ4n) is 4.79. The third-order valence-corrected chi connectivity index (χ3v) is 6.89. The van der Waals surface area contributed by atoms with E-state index in [1.54, 1.807) is 54.3 Å². The highest BCUT2D eigenvalue weighted by molar-refractivity contribution is 6.09. The van der Waals surface area contributed by atoms with E-state index in [1.165, 1.54) is 11.0 Å². The van der Waals surface area contributed by atoms with Crippen molar-refractivity contribution >= 4 is 35.3 Å². The number of nitrogens with one attached hydrogen (secondary N) is 1. The Balaban J connectivity index is 1.25. The molecule has 5 amide bonds. The van der Waals surface area contributed by atoms with Crippen LogP contribution in [0.25, 0.3) is 0 Å². The summed E-state index contributed by atoms with van der Waals surface area (Å²) in [5.74, 6) is -1.22. The van der Waals surface area contributed by atoms with Crippen LogP contribution in [0.15, 0.2) is 48.5 Å². The van der Waals surface area contributed by atoms with E-state index < -0.39 is 30.1 Å². The molecule has 3 fully saturated rings. The number of piperazine rings is 1. The van der Waals surface area contributed by atoms with Crippen LogP contribution in [0.2, 0.25) is 0 Å². The average Bonchev–Trinajstić information content (AvgIpc) is 3.41. The summed E-state index contributed by atoms with van der Waals surface area (Å²) in [6.07, 6.45) is -0.471. The van der Waals surface area contributed by atoms with Gasteiger partial charge < -0.3 is 19.9 Å². The summed E-state index contributed by atoms with van der Waals surface area (Å²) in [4.78, 5) is 56.8. The Morgan fingerprint density at radius 2 is 1.78 bits per heavy atom. The van der Waals surface area contributed by atoms with Gasteiger partial charge in [0.05, 0.1) is 12.2 Å². The number of benzene rings is 2. The van der Waals surface area contributed by atoms with Gasteiger partial charge in [-0.1, -0.05) is 24.3 Å². The van der Waals surface area contributed by atoms with Crippen LogP contribution < -0.4 is 15.1 Å². The van der Waals surface area contributed by atoms with Crippen LogP contribution in [-0.2, 0) is 19.9 Å². The second-order valence-corrected chi connectivity index (χ2v) is 9.08. The van der Waals surface area contributed by atoms with Gasteiger partial charge in [0.25, 0.3) is 5.91 Å². The summed E-state index contributed by atoms with van der Waals surface area (Å²) in [6, 6.07) is 12.6. The molecule has 10 nitrogen and oxygen atoms in total. The predicted octanol–water partition coefficient (Wildman–Crippen LogP) is 1.90. The van der Waals surface area contributed by atoms with Crippen LogP contribution in [0.5, 0.6) is 0 Å². The molecule has 36 heavy (non-hydrogen) atoms. The lowest BCUT2D eigenvalue weighted by Gasteiger charge is -2.36. The van der Waals surface area contributed by atoms with Gasteiger partial charge in [-0.25, -0.2) is 14.0 Å². The maximum atomic E-state index is 14.1. The standard InChI is InChI=1S/C25H26FN5O5/c1-25(17-5-4-6-18(15-17)30-13-14-36-24(30)35)22(33)31(23(34)27-25)16-21(32)29-11-9-28(10-12-29)20-8-3-2-7-19(20)26/h2-8,15H,9-14,16H2,1H3,(H,27,34). The number of carbonyl (C=O) groups is 4. The van der Waals surface area contributed by atoms with Crippen LogP contribution >= 0.6 is 0 Å². The first-order chi connectivity index (χ1) is 17.3. The largest absolute Gasteiger partial charge is 0.447 e. The van der Waals surface area contributed by atoms with Crippen molar-refractivity contribution in [3.05, 3.63) is 59.9 Å². The molecule has 0 saturated carbocycles. The molecule has 1 N–H and O–H groups in total. The molecule has 0 aliphatic carbocycles. The Bertz CT molecular complexity index is 1230. The minimum absolute atomic E-state index is 0.278. The maximum absolute atomic E-state index is 14.1. The van der Waals surface area contributed by atoms with Crippen molar-refractivity contribution in [1.82, 2.24) is 15.1 Å². The van der Waals surface area contributed by atoms with Crippen LogP contribution in [0.1, 0.15) is 12.5 Å². The van der Waals surface area contributed by atoms with E-state index in [2.05, 4.69) is 5.32 Å². The number of imide groups is 1. The zero-order valence-corrected chi connectivity index (χ0v) is 19.8. The number of nitrogens with zero attached hydrogens (tertiary/aromatic N) is 4. The fourth-order valence-corrected chi connectivity index (χ4v) is 4.79. The number of urea groups is 1. The Hall–Kier alpha value is -4.15. The third kappa shape index (κ3) is 4.10. The van der Waals surface area contributed by atoms with E-state index in [4.69, 9.17) is 4.74 Å². The van der Waals surface area contributed by atoms with Gasteiger partial charge in [-0.15, -0.1) is 0 Å². The third-order valence-electron chi connectivity index (χ3n) is 6.89. The lowest BCUT2D eigenvalue weighted by molar-refractivity contribution is -0.139. The Morgan fingerprint density at radius 3 is 2.47 bits per heavy atom. The molecule has 2 aromatic carbocycles. The van der Waals surface area contributed by atoms with Gasteiger partial charge in [0.2, 0.25) is 5.91 Å². The van der Waals surface area contributed by atoms with Crippen molar-refractivity contribution in [2.24, 2.45) is 0 Å². The average molecular weight is 496 g/mol. The van der Waals surface area contributed by atoms with E-state index in [1.807, 2.05) is 4.90 Å². The molecule has 3 aliphatic heterocycles. The van der Waals surface area contributed by atoms with E-state index in [9.17, 15) is 23.6 Å². The fraction of sp³-hybridized carbons (Fsp3) is 0.360. The minimum Gasteiger partial charge on any atom is -0.447 e. The number of carbonyl (C=O) groups excluding carboxylic acids is 4. The van der Waals surface area contributed by atoms with Crippen LogP contribution in [0.4, 0.5) is 25.4 Å². The zero-order chi connectivity index (χ0) is 25.4. The number of cyclic esters (lactones) is 1. The van der Waals surface area contributed by atoms with Crippen molar-refractivity contribution in [3.8, 4) is 0 Å². The molecule has 188 valence electrons. The van der Waals surface area contributed by atoms with Gasteiger partial charge >= 0.3 is 12.1 Å². The van der Waals surface area contributed by atoms with Gasteiger partial charge in [0, 0.05) is 31.9 Å². The number of hydrogen-bond acceptors (Lipinski definition) is 6. The highest BCUT2D eigenvalue weighted by atomic mass is 19.1. The van der Waals surface area contributed by atoms with Crippen LogP contribution in [0.3, 0.4) is 0 Å². The molecule has 1 unspecified atom stereocenters. The summed E-state index contributed by atoms with van der Waals surface area (Å²) < 4.78 is 19.1. The monoisotopic (exact) mass is 495 g/mol. The molecule has 0 spiro atoms. The molecule has 0 bridgehead atoms. The lowest BCUT2D eigenvalue weighted by Crippen LogP contribution is -2.52. The molecule has 2 aromatic rings. The quantitative estimate of drug-likeness (QED) is 0.636. The van der Waals surface area contributed by atoms with Gasteiger partial charge in [-0.05, 0) is 36.8 Å². The summed E-state index contributed by atoms with van der Waals surface area (Å²) in [5, 5.41) is 2.70. The first-order valence-electron chi connectivity index (χ1n) is 11.7. The molecule has 3 heterocycles. The van der Waals surface area contributed by atoms with Crippen LogP contribution in [0, 0.1) is 5.82 Å². The normalized spacial score (nSPS) is 22.2. The molecular weight excluding hydrogens is 469 g/mol. The molecule has 5 rings (SSSR count).